The SMILES string of the molecule is CCn1cc(CNC23CC4C[C@@](C)(C2)C[C@](C)(C4)C3)c2ccccc21. The Labute approximate surface area is 152 Å². The highest BCUT2D eigenvalue weighted by Gasteiger charge is 2.59. The van der Waals surface area contributed by atoms with Crippen LogP contribution in [0.1, 0.15) is 64.9 Å². The molecule has 4 saturated carbocycles. The fourth-order valence-corrected chi connectivity index (χ4v) is 7.65. The summed E-state index contributed by atoms with van der Waals surface area (Å²) in [7, 11) is 0. The highest BCUT2D eigenvalue weighted by atomic mass is 15.0. The van der Waals surface area contributed by atoms with Crippen LogP contribution in [0.15, 0.2) is 30.5 Å². The van der Waals surface area contributed by atoms with Gasteiger partial charge in [0.15, 0.2) is 0 Å². The van der Waals surface area contributed by atoms with Crippen molar-refractivity contribution in [2.75, 3.05) is 0 Å². The molecule has 4 aliphatic carbocycles. The first kappa shape index (κ1) is 15.9. The van der Waals surface area contributed by atoms with Gasteiger partial charge in [0.2, 0.25) is 0 Å². The lowest BCUT2D eigenvalue weighted by Gasteiger charge is -2.65. The van der Waals surface area contributed by atoms with Crippen molar-refractivity contribution in [2.24, 2.45) is 16.7 Å². The maximum atomic E-state index is 4.11. The Hall–Kier alpha value is -1.28. The standard InChI is InChI=1S/C23H32N2/c1-4-25-13-18(19-7-5-6-8-20(19)25)12-24-23-11-17-9-21(2,15-23)14-22(3,10-17)16-23/h5-8,13,17,24H,4,9-12,14-16H2,1-3H3/t17?,21-,22+,23?. The van der Waals surface area contributed by atoms with Gasteiger partial charge in [-0.3, -0.25) is 0 Å². The Morgan fingerprint density at radius 1 is 1.04 bits per heavy atom. The molecule has 0 amide bonds. The molecule has 6 rings (SSSR count). The van der Waals surface area contributed by atoms with E-state index >= 15 is 0 Å². The molecule has 1 aromatic heterocycles. The number of rotatable bonds is 4. The second-order valence-corrected chi connectivity index (χ2v) is 10.2. The summed E-state index contributed by atoms with van der Waals surface area (Å²) < 4.78 is 2.40. The lowest BCUT2D eigenvalue weighted by molar-refractivity contribution is -0.118. The molecule has 2 heteroatoms. The minimum Gasteiger partial charge on any atom is -0.347 e. The molecule has 1 heterocycles. The molecule has 25 heavy (non-hydrogen) atoms. The van der Waals surface area contributed by atoms with Gasteiger partial charge in [0.25, 0.3) is 0 Å². The van der Waals surface area contributed by atoms with Gasteiger partial charge in [-0.05, 0) is 73.8 Å². The molecule has 4 aliphatic rings. The van der Waals surface area contributed by atoms with Crippen LogP contribution in [-0.4, -0.2) is 10.1 Å². The number of para-hydroxylation sites is 1. The van der Waals surface area contributed by atoms with Crippen LogP contribution < -0.4 is 5.32 Å². The van der Waals surface area contributed by atoms with Crippen molar-refractivity contribution in [3.63, 3.8) is 0 Å². The van der Waals surface area contributed by atoms with Crippen LogP contribution in [0.5, 0.6) is 0 Å². The van der Waals surface area contributed by atoms with E-state index < -0.39 is 0 Å². The molecule has 4 fully saturated rings. The van der Waals surface area contributed by atoms with E-state index in [1.807, 2.05) is 0 Å². The molecule has 4 atom stereocenters. The zero-order valence-corrected chi connectivity index (χ0v) is 16.1. The lowest BCUT2D eigenvalue weighted by Crippen LogP contribution is -2.63. The minimum absolute atomic E-state index is 0.387. The van der Waals surface area contributed by atoms with E-state index in [1.54, 1.807) is 0 Å². The summed E-state index contributed by atoms with van der Waals surface area (Å²) >= 11 is 0. The monoisotopic (exact) mass is 336 g/mol. The van der Waals surface area contributed by atoms with Crippen LogP contribution in [0.3, 0.4) is 0 Å². The van der Waals surface area contributed by atoms with Gasteiger partial charge in [0.05, 0.1) is 0 Å². The van der Waals surface area contributed by atoms with Gasteiger partial charge in [0, 0.05) is 35.7 Å². The number of aromatic nitrogens is 1. The topological polar surface area (TPSA) is 17.0 Å². The van der Waals surface area contributed by atoms with E-state index in [-0.39, 0.29) is 0 Å². The summed E-state index contributed by atoms with van der Waals surface area (Å²) in [6.45, 7) is 9.44. The molecule has 0 saturated heterocycles. The Morgan fingerprint density at radius 2 is 1.76 bits per heavy atom. The van der Waals surface area contributed by atoms with E-state index in [0.717, 1.165) is 19.0 Å². The van der Waals surface area contributed by atoms with Crippen LogP contribution >= 0.6 is 0 Å². The van der Waals surface area contributed by atoms with Crippen molar-refractivity contribution in [3.8, 4) is 0 Å². The Balaban J connectivity index is 1.44. The molecule has 4 bridgehead atoms. The Kier molecular flexibility index (Phi) is 3.27. The molecular formula is C23H32N2. The summed E-state index contributed by atoms with van der Waals surface area (Å²) in [6, 6.07) is 8.89. The third kappa shape index (κ3) is 2.48. The maximum Gasteiger partial charge on any atom is 0.0483 e. The van der Waals surface area contributed by atoms with Crippen LogP contribution in [0, 0.1) is 16.7 Å². The lowest BCUT2D eigenvalue weighted by atomic mass is 9.43. The maximum absolute atomic E-state index is 4.11. The first-order chi connectivity index (χ1) is 11.9. The van der Waals surface area contributed by atoms with E-state index in [0.29, 0.717) is 16.4 Å². The van der Waals surface area contributed by atoms with Gasteiger partial charge in [-0.1, -0.05) is 32.0 Å². The average molecular weight is 337 g/mol. The molecule has 2 nitrogen and oxygen atoms in total. The van der Waals surface area contributed by atoms with Gasteiger partial charge < -0.3 is 9.88 Å². The van der Waals surface area contributed by atoms with Gasteiger partial charge in [-0.15, -0.1) is 0 Å². The van der Waals surface area contributed by atoms with Gasteiger partial charge in [0.1, 0.15) is 0 Å². The van der Waals surface area contributed by atoms with E-state index in [9.17, 15) is 0 Å². The quantitative estimate of drug-likeness (QED) is 0.780. The first-order valence-electron chi connectivity index (χ1n) is 10.2. The van der Waals surface area contributed by atoms with Crippen molar-refractivity contribution in [3.05, 3.63) is 36.0 Å². The van der Waals surface area contributed by atoms with Crippen LogP contribution in [-0.2, 0) is 13.1 Å². The van der Waals surface area contributed by atoms with Crippen molar-refractivity contribution in [2.45, 2.75) is 77.9 Å². The predicted molar refractivity (Wildman–Crippen MR) is 105 cm³/mol. The molecule has 0 radical (unpaired) electrons. The van der Waals surface area contributed by atoms with Crippen LogP contribution in [0.25, 0.3) is 10.9 Å². The fraction of sp³-hybridized carbons (Fsp3) is 0.652. The predicted octanol–water partition coefficient (Wildman–Crippen LogP) is 5.50. The van der Waals surface area contributed by atoms with E-state index in [2.05, 4.69) is 61.1 Å². The summed E-state index contributed by atoms with van der Waals surface area (Å²) in [5, 5.41) is 5.54. The minimum atomic E-state index is 0.387. The highest BCUT2D eigenvalue weighted by molar-refractivity contribution is 5.83. The van der Waals surface area contributed by atoms with Crippen molar-refractivity contribution in [1.29, 1.82) is 0 Å². The second kappa shape index (κ2) is 5.13. The van der Waals surface area contributed by atoms with Gasteiger partial charge in [-0.25, -0.2) is 0 Å². The number of hydrogen-bond donors (Lipinski definition) is 1. The molecular weight excluding hydrogens is 304 g/mol. The van der Waals surface area contributed by atoms with Crippen molar-refractivity contribution >= 4 is 10.9 Å². The fourth-order valence-electron chi connectivity index (χ4n) is 7.65. The second-order valence-electron chi connectivity index (χ2n) is 10.2. The average Bonchev–Trinajstić information content (AvgIpc) is 2.88. The zero-order valence-electron chi connectivity index (χ0n) is 16.1. The highest BCUT2D eigenvalue weighted by Crippen LogP contribution is 2.66. The van der Waals surface area contributed by atoms with E-state index in [1.165, 1.54) is 55.0 Å². The normalized spacial score (nSPS) is 39.4. The molecule has 2 unspecified atom stereocenters. The number of hydrogen-bond acceptors (Lipinski definition) is 1. The molecule has 134 valence electrons. The Morgan fingerprint density at radius 3 is 2.44 bits per heavy atom. The molecule has 1 aromatic carbocycles. The molecule has 2 aromatic rings. The van der Waals surface area contributed by atoms with Crippen molar-refractivity contribution < 1.29 is 0 Å². The first-order valence-corrected chi connectivity index (χ1v) is 10.2. The van der Waals surface area contributed by atoms with E-state index in [4.69, 9.17) is 0 Å². The third-order valence-electron chi connectivity index (χ3n) is 7.49. The summed E-state index contributed by atoms with van der Waals surface area (Å²) in [4.78, 5) is 0. The van der Waals surface area contributed by atoms with Crippen molar-refractivity contribution in [1.82, 2.24) is 9.88 Å². The van der Waals surface area contributed by atoms with Gasteiger partial charge in [-0.2, -0.15) is 0 Å². The molecule has 0 aliphatic heterocycles. The molecule has 1 N–H and O–H groups in total. The molecule has 0 spiro atoms. The number of aryl methyl sites for hydroxylation is 1. The summed E-state index contributed by atoms with van der Waals surface area (Å²) in [6.07, 6.45) is 11.0. The summed E-state index contributed by atoms with van der Waals surface area (Å²) in [5.41, 5.74) is 4.41. The number of nitrogens with one attached hydrogen (secondary N) is 1. The smallest absolute Gasteiger partial charge is 0.0483 e. The third-order valence-corrected chi connectivity index (χ3v) is 7.49. The summed E-state index contributed by atoms with van der Waals surface area (Å²) in [5.74, 6) is 0.954. The number of benzene rings is 1. The Bertz CT molecular complexity index is 799. The van der Waals surface area contributed by atoms with Crippen LogP contribution in [0.4, 0.5) is 0 Å². The van der Waals surface area contributed by atoms with Crippen LogP contribution in [0.2, 0.25) is 0 Å². The number of nitrogens with zero attached hydrogens (tertiary/aromatic N) is 1. The largest absolute Gasteiger partial charge is 0.347 e. The van der Waals surface area contributed by atoms with Gasteiger partial charge >= 0.3 is 0 Å². The zero-order chi connectivity index (χ0) is 17.3. The number of fused-ring (bicyclic) bond motifs is 1.